The molecular weight excluding hydrogens is 264 g/mol. The van der Waals surface area contributed by atoms with Crippen LogP contribution in [0.2, 0.25) is 0 Å². The largest absolute Gasteiger partial charge is 0.313 e. The molecule has 1 saturated carbocycles. The summed E-state index contributed by atoms with van der Waals surface area (Å²) < 4.78 is 0.538. The molecule has 118 valence electrons. The second-order valence-electron chi connectivity index (χ2n) is 6.89. The maximum atomic E-state index is 3.91. The van der Waals surface area contributed by atoms with E-state index in [1.54, 1.807) is 0 Å². The van der Waals surface area contributed by atoms with Crippen LogP contribution in [0.3, 0.4) is 0 Å². The Hall–Kier alpha value is 0.270. The zero-order valence-corrected chi connectivity index (χ0v) is 14.6. The van der Waals surface area contributed by atoms with Gasteiger partial charge in [-0.3, -0.25) is 0 Å². The molecule has 1 saturated heterocycles. The Morgan fingerprint density at radius 1 is 1.20 bits per heavy atom. The summed E-state index contributed by atoms with van der Waals surface area (Å²) in [4.78, 5) is 2.59. The van der Waals surface area contributed by atoms with Crippen LogP contribution in [0.5, 0.6) is 0 Å². The summed E-state index contributed by atoms with van der Waals surface area (Å²) in [5.74, 6) is 0.889. The standard InChI is InChI=1S/C17H34N2S/c1-4-19-12-8-16(9-13-19)15(2)18-14-17(20-3)10-6-5-7-11-17/h15-16,18H,4-14H2,1-3H3. The molecule has 2 rings (SSSR count). The first-order chi connectivity index (χ1) is 9.69. The van der Waals surface area contributed by atoms with Crippen molar-refractivity contribution in [2.24, 2.45) is 5.92 Å². The molecule has 0 bridgehead atoms. The number of hydrogen-bond donors (Lipinski definition) is 1. The summed E-state index contributed by atoms with van der Waals surface area (Å²) in [6.45, 7) is 9.77. The molecule has 3 heteroatoms. The molecule has 0 radical (unpaired) electrons. The van der Waals surface area contributed by atoms with Crippen LogP contribution in [0.25, 0.3) is 0 Å². The van der Waals surface area contributed by atoms with Gasteiger partial charge in [0.05, 0.1) is 0 Å². The minimum Gasteiger partial charge on any atom is -0.313 e. The lowest BCUT2D eigenvalue weighted by Crippen LogP contribution is -2.47. The van der Waals surface area contributed by atoms with Crippen molar-refractivity contribution in [2.75, 3.05) is 32.4 Å². The topological polar surface area (TPSA) is 15.3 Å². The van der Waals surface area contributed by atoms with Crippen LogP contribution in [-0.4, -0.2) is 48.1 Å². The van der Waals surface area contributed by atoms with E-state index in [0.29, 0.717) is 10.8 Å². The van der Waals surface area contributed by atoms with Crippen molar-refractivity contribution in [1.82, 2.24) is 10.2 Å². The molecule has 0 aromatic heterocycles. The minimum atomic E-state index is 0.538. The number of rotatable bonds is 6. The lowest BCUT2D eigenvalue weighted by molar-refractivity contribution is 0.166. The quantitative estimate of drug-likeness (QED) is 0.804. The van der Waals surface area contributed by atoms with Crippen molar-refractivity contribution in [3.05, 3.63) is 0 Å². The molecule has 1 aliphatic heterocycles. The van der Waals surface area contributed by atoms with Gasteiger partial charge in [0.25, 0.3) is 0 Å². The van der Waals surface area contributed by atoms with Crippen LogP contribution in [0, 0.1) is 5.92 Å². The normalized spacial score (nSPS) is 26.6. The predicted molar refractivity (Wildman–Crippen MR) is 91.6 cm³/mol. The molecule has 0 amide bonds. The van der Waals surface area contributed by atoms with Crippen molar-refractivity contribution in [3.63, 3.8) is 0 Å². The Kier molecular flexibility index (Phi) is 6.70. The number of nitrogens with one attached hydrogen (secondary N) is 1. The van der Waals surface area contributed by atoms with Crippen molar-refractivity contribution in [3.8, 4) is 0 Å². The molecule has 1 heterocycles. The molecule has 20 heavy (non-hydrogen) atoms. The summed E-state index contributed by atoms with van der Waals surface area (Å²) in [6, 6.07) is 0.694. The van der Waals surface area contributed by atoms with E-state index in [2.05, 4.69) is 42.1 Å². The Balaban J connectivity index is 1.75. The number of thioether (sulfide) groups is 1. The first-order valence-electron chi connectivity index (χ1n) is 8.70. The maximum absolute atomic E-state index is 3.91. The maximum Gasteiger partial charge on any atom is 0.0281 e. The number of likely N-dealkylation sites (tertiary alicyclic amines) is 1. The molecule has 1 aliphatic carbocycles. The zero-order valence-electron chi connectivity index (χ0n) is 13.8. The average Bonchev–Trinajstić information content (AvgIpc) is 2.53. The van der Waals surface area contributed by atoms with E-state index in [9.17, 15) is 0 Å². The third-order valence-corrected chi connectivity index (χ3v) is 7.15. The lowest BCUT2D eigenvalue weighted by Gasteiger charge is -2.39. The van der Waals surface area contributed by atoms with E-state index in [1.807, 2.05) is 0 Å². The number of piperidine rings is 1. The summed E-state index contributed by atoms with van der Waals surface area (Å²) in [5, 5.41) is 3.91. The van der Waals surface area contributed by atoms with E-state index < -0.39 is 0 Å². The molecule has 1 atom stereocenters. The highest BCUT2D eigenvalue weighted by molar-refractivity contribution is 8.00. The SMILES string of the molecule is CCN1CCC(C(C)NCC2(SC)CCCCC2)CC1. The van der Waals surface area contributed by atoms with Gasteiger partial charge in [-0.05, 0) is 64.4 Å². The van der Waals surface area contributed by atoms with Gasteiger partial charge in [0, 0.05) is 17.3 Å². The Labute approximate surface area is 130 Å². The van der Waals surface area contributed by atoms with E-state index in [0.717, 1.165) is 5.92 Å². The molecule has 0 aromatic rings. The highest BCUT2D eigenvalue weighted by Crippen LogP contribution is 2.38. The third kappa shape index (κ3) is 4.38. The second-order valence-corrected chi connectivity index (χ2v) is 8.16. The Morgan fingerprint density at radius 3 is 2.40 bits per heavy atom. The molecule has 2 nitrogen and oxygen atoms in total. The third-order valence-electron chi connectivity index (χ3n) is 5.73. The van der Waals surface area contributed by atoms with Gasteiger partial charge in [-0.15, -0.1) is 0 Å². The molecule has 1 unspecified atom stereocenters. The summed E-state index contributed by atoms with van der Waals surface area (Å²) in [6.07, 6.45) is 12.2. The predicted octanol–water partition coefficient (Wildman–Crippen LogP) is 3.76. The monoisotopic (exact) mass is 298 g/mol. The summed E-state index contributed by atoms with van der Waals surface area (Å²) in [7, 11) is 0. The van der Waals surface area contributed by atoms with E-state index >= 15 is 0 Å². The first kappa shape index (κ1) is 16.6. The van der Waals surface area contributed by atoms with Crippen LogP contribution >= 0.6 is 11.8 Å². The van der Waals surface area contributed by atoms with Crippen LogP contribution in [-0.2, 0) is 0 Å². The summed E-state index contributed by atoms with van der Waals surface area (Å²) >= 11 is 2.12. The number of hydrogen-bond acceptors (Lipinski definition) is 3. The molecule has 2 fully saturated rings. The molecule has 0 aromatic carbocycles. The van der Waals surface area contributed by atoms with Crippen LogP contribution in [0.1, 0.15) is 58.8 Å². The fraction of sp³-hybridized carbons (Fsp3) is 1.00. The molecule has 2 aliphatic rings. The van der Waals surface area contributed by atoms with Gasteiger partial charge < -0.3 is 10.2 Å². The highest BCUT2D eigenvalue weighted by atomic mass is 32.2. The smallest absolute Gasteiger partial charge is 0.0281 e. The van der Waals surface area contributed by atoms with Gasteiger partial charge >= 0.3 is 0 Å². The van der Waals surface area contributed by atoms with E-state index in [1.165, 1.54) is 71.1 Å². The Morgan fingerprint density at radius 2 is 1.85 bits per heavy atom. The van der Waals surface area contributed by atoms with Crippen LogP contribution < -0.4 is 5.32 Å². The van der Waals surface area contributed by atoms with Crippen molar-refractivity contribution >= 4 is 11.8 Å². The van der Waals surface area contributed by atoms with Gasteiger partial charge in [0.2, 0.25) is 0 Å². The molecular formula is C17H34N2S. The first-order valence-corrected chi connectivity index (χ1v) is 9.92. The van der Waals surface area contributed by atoms with Crippen molar-refractivity contribution < 1.29 is 0 Å². The van der Waals surface area contributed by atoms with Crippen molar-refractivity contribution in [2.45, 2.75) is 69.6 Å². The average molecular weight is 299 g/mol. The van der Waals surface area contributed by atoms with Gasteiger partial charge in [0.1, 0.15) is 0 Å². The number of nitrogens with zero attached hydrogens (tertiary/aromatic N) is 1. The van der Waals surface area contributed by atoms with Gasteiger partial charge in [-0.1, -0.05) is 26.2 Å². The zero-order chi connectivity index (χ0) is 14.4. The van der Waals surface area contributed by atoms with Gasteiger partial charge in [-0.25, -0.2) is 0 Å². The Bertz CT molecular complexity index is 268. The minimum absolute atomic E-state index is 0.538. The molecule has 1 N–H and O–H groups in total. The summed E-state index contributed by atoms with van der Waals surface area (Å²) in [5.41, 5.74) is 0. The van der Waals surface area contributed by atoms with E-state index in [4.69, 9.17) is 0 Å². The van der Waals surface area contributed by atoms with Crippen molar-refractivity contribution in [1.29, 1.82) is 0 Å². The fourth-order valence-electron chi connectivity index (χ4n) is 3.93. The lowest BCUT2D eigenvalue weighted by atomic mass is 9.86. The highest BCUT2D eigenvalue weighted by Gasteiger charge is 2.32. The van der Waals surface area contributed by atoms with Crippen LogP contribution in [0.15, 0.2) is 0 Å². The van der Waals surface area contributed by atoms with Gasteiger partial charge in [0.15, 0.2) is 0 Å². The fourth-order valence-corrected chi connectivity index (χ4v) is 4.86. The second kappa shape index (κ2) is 8.05. The van der Waals surface area contributed by atoms with Crippen LogP contribution in [0.4, 0.5) is 0 Å². The van der Waals surface area contributed by atoms with E-state index in [-0.39, 0.29) is 0 Å². The van der Waals surface area contributed by atoms with Gasteiger partial charge in [-0.2, -0.15) is 11.8 Å². The molecule has 0 spiro atoms.